The predicted octanol–water partition coefficient (Wildman–Crippen LogP) is 6.20. The van der Waals surface area contributed by atoms with Crippen LogP contribution >= 0.6 is 18.5 Å². The fourth-order valence-electron chi connectivity index (χ4n) is 3.49. The Balaban J connectivity index is 2.09. The number of ether oxygens (including phenoxy) is 2. The molecule has 0 aromatic heterocycles. The van der Waals surface area contributed by atoms with Gasteiger partial charge >= 0.3 is 0 Å². The van der Waals surface area contributed by atoms with Gasteiger partial charge in [-0.1, -0.05) is 36.4 Å². The molecule has 152 valence electrons. The first-order valence-electron chi connectivity index (χ1n) is 9.53. The summed E-state index contributed by atoms with van der Waals surface area (Å²) in [6.45, 7) is 0.942. The monoisotopic (exact) mass is 428 g/mol. The van der Waals surface area contributed by atoms with Crippen molar-refractivity contribution in [2.24, 2.45) is 0 Å². The van der Waals surface area contributed by atoms with Crippen molar-refractivity contribution in [1.29, 1.82) is 0 Å². The molecule has 3 aromatic carbocycles. The highest BCUT2D eigenvalue weighted by atomic mass is 31.0. The average molecular weight is 428 g/mol. The third-order valence-corrected chi connectivity index (χ3v) is 5.94. The summed E-state index contributed by atoms with van der Waals surface area (Å²) in [4.78, 5) is 0. The lowest BCUT2D eigenvalue weighted by molar-refractivity contribution is 0.184. The van der Waals surface area contributed by atoms with Crippen LogP contribution in [0.1, 0.15) is 22.3 Å². The summed E-state index contributed by atoms with van der Waals surface area (Å²) in [7, 11) is 8.80. The highest BCUT2D eigenvalue weighted by molar-refractivity contribution is 7.15. The highest BCUT2D eigenvalue weighted by Crippen LogP contribution is 2.33. The van der Waals surface area contributed by atoms with Crippen LogP contribution in [0.2, 0.25) is 0 Å². The predicted molar refractivity (Wildman–Crippen MR) is 126 cm³/mol. The van der Waals surface area contributed by atoms with Gasteiger partial charge in [-0.25, -0.2) is 4.39 Å². The molecule has 0 aliphatic carbocycles. The lowest BCUT2D eigenvalue weighted by atomic mass is 9.92. The van der Waals surface area contributed by atoms with E-state index in [1.807, 2.05) is 36.4 Å². The molecule has 2 nitrogen and oxygen atoms in total. The second-order valence-corrected chi connectivity index (χ2v) is 7.76. The minimum atomic E-state index is -0.234. The van der Waals surface area contributed by atoms with E-state index in [1.165, 1.54) is 11.1 Å². The van der Waals surface area contributed by atoms with Gasteiger partial charge in [0.25, 0.3) is 0 Å². The van der Waals surface area contributed by atoms with Crippen molar-refractivity contribution in [2.45, 2.75) is 25.5 Å². The molecule has 3 rings (SSSR count). The molecule has 0 saturated heterocycles. The molecule has 0 spiro atoms. The molecule has 0 aliphatic rings. The molecular formula is C24H27FO2P2. The number of hydrogen-bond donors (Lipinski definition) is 0. The van der Waals surface area contributed by atoms with E-state index in [4.69, 9.17) is 9.47 Å². The Labute approximate surface area is 177 Å². The van der Waals surface area contributed by atoms with Gasteiger partial charge in [0.2, 0.25) is 0 Å². The molecule has 0 saturated carbocycles. The van der Waals surface area contributed by atoms with E-state index in [0.717, 1.165) is 40.1 Å². The highest BCUT2D eigenvalue weighted by Gasteiger charge is 2.14. The largest absolute Gasteiger partial charge is 0.380 e. The lowest BCUT2D eigenvalue weighted by Crippen LogP contribution is -1.99. The Kier molecular flexibility index (Phi) is 7.92. The summed E-state index contributed by atoms with van der Waals surface area (Å²) in [5.41, 5.74) is 7.76. The molecule has 0 N–H and O–H groups in total. The topological polar surface area (TPSA) is 18.5 Å². The van der Waals surface area contributed by atoms with Gasteiger partial charge in [0.05, 0.1) is 13.2 Å². The summed E-state index contributed by atoms with van der Waals surface area (Å²) >= 11 is 0. The average Bonchev–Trinajstić information content (AvgIpc) is 2.75. The van der Waals surface area contributed by atoms with Gasteiger partial charge in [0, 0.05) is 19.8 Å². The van der Waals surface area contributed by atoms with Crippen LogP contribution in [0.5, 0.6) is 0 Å². The molecule has 0 heterocycles. The van der Waals surface area contributed by atoms with Crippen molar-refractivity contribution in [3.05, 3.63) is 82.7 Å². The zero-order valence-electron chi connectivity index (χ0n) is 16.9. The van der Waals surface area contributed by atoms with Crippen LogP contribution in [-0.4, -0.2) is 14.2 Å². The first-order chi connectivity index (χ1) is 14.1. The normalized spacial score (nSPS) is 11.1. The van der Waals surface area contributed by atoms with E-state index in [1.54, 1.807) is 20.3 Å². The standard InChI is InChI=1S/C24H27FO2P2/c1-26-12-20-9-18(7-8-19(20)15-29)22-11-24(25)23(10-21(22)13-27-2)17-5-3-16(14-28)4-6-17/h3-11H,12-15,28-29H2,1-2H3. The minimum Gasteiger partial charge on any atom is -0.380 e. The fraction of sp³-hybridized carbons (Fsp3) is 0.250. The third kappa shape index (κ3) is 5.11. The summed E-state index contributed by atoms with van der Waals surface area (Å²) in [5, 5.41) is 0. The number of hydrogen-bond acceptors (Lipinski definition) is 2. The zero-order valence-corrected chi connectivity index (χ0v) is 19.2. The molecule has 3 aromatic rings. The smallest absolute Gasteiger partial charge is 0.131 e. The second-order valence-electron chi connectivity index (χ2n) is 6.94. The SMILES string of the molecule is COCc1cc(-c2cc(F)c(-c3ccc(CP)cc3)cc2COC)ccc1CP. The molecule has 2 unspecified atom stereocenters. The summed E-state index contributed by atoms with van der Waals surface area (Å²) in [6.07, 6.45) is 1.73. The molecular weight excluding hydrogens is 401 g/mol. The van der Waals surface area contributed by atoms with Gasteiger partial charge in [0.15, 0.2) is 0 Å². The van der Waals surface area contributed by atoms with Gasteiger partial charge in [-0.15, -0.1) is 18.5 Å². The number of methoxy groups -OCH3 is 2. The van der Waals surface area contributed by atoms with Gasteiger partial charge < -0.3 is 9.47 Å². The summed E-state index contributed by atoms with van der Waals surface area (Å²) < 4.78 is 25.9. The molecule has 0 aliphatic heterocycles. The number of benzene rings is 3. The van der Waals surface area contributed by atoms with Crippen LogP contribution < -0.4 is 0 Å². The minimum absolute atomic E-state index is 0.234. The second kappa shape index (κ2) is 10.4. The van der Waals surface area contributed by atoms with Crippen molar-refractivity contribution in [3.63, 3.8) is 0 Å². The fourth-order valence-corrected chi connectivity index (χ4v) is 4.16. The zero-order chi connectivity index (χ0) is 20.8. The molecule has 29 heavy (non-hydrogen) atoms. The van der Waals surface area contributed by atoms with E-state index in [-0.39, 0.29) is 5.82 Å². The molecule has 0 fully saturated rings. The Hall–Kier alpha value is -1.63. The van der Waals surface area contributed by atoms with Gasteiger partial charge in [-0.05, 0) is 69.5 Å². The van der Waals surface area contributed by atoms with Crippen LogP contribution in [0.25, 0.3) is 22.3 Å². The van der Waals surface area contributed by atoms with Crippen LogP contribution in [0.4, 0.5) is 4.39 Å². The molecule has 0 amide bonds. The van der Waals surface area contributed by atoms with Crippen LogP contribution in [0, 0.1) is 5.82 Å². The van der Waals surface area contributed by atoms with Crippen molar-refractivity contribution >= 4 is 18.5 Å². The van der Waals surface area contributed by atoms with Gasteiger partial charge in [0.1, 0.15) is 5.82 Å². The Morgan fingerprint density at radius 3 is 1.97 bits per heavy atom. The lowest BCUT2D eigenvalue weighted by Gasteiger charge is -2.16. The summed E-state index contributed by atoms with van der Waals surface area (Å²) in [6, 6.07) is 17.7. The Morgan fingerprint density at radius 1 is 0.690 bits per heavy atom. The maximum Gasteiger partial charge on any atom is 0.131 e. The van der Waals surface area contributed by atoms with Crippen LogP contribution in [0.3, 0.4) is 0 Å². The van der Waals surface area contributed by atoms with Crippen LogP contribution in [-0.2, 0) is 35.0 Å². The first kappa shape index (κ1) is 22.1. The van der Waals surface area contributed by atoms with E-state index < -0.39 is 0 Å². The van der Waals surface area contributed by atoms with E-state index in [9.17, 15) is 0 Å². The molecule has 0 bridgehead atoms. The summed E-state index contributed by atoms with van der Waals surface area (Å²) in [5.74, 6) is -0.234. The molecule has 5 heteroatoms. The molecule has 0 radical (unpaired) electrons. The van der Waals surface area contributed by atoms with Crippen molar-refractivity contribution in [3.8, 4) is 22.3 Å². The van der Waals surface area contributed by atoms with E-state index >= 15 is 4.39 Å². The Morgan fingerprint density at radius 2 is 1.34 bits per heavy atom. The van der Waals surface area contributed by atoms with Crippen molar-refractivity contribution in [1.82, 2.24) is 0 Å². The Bertz CT molecular complexity index is 971. The van der Waals surface area contributed by atoms with Crippen molar-refractivity contribution < 1.29 is 13.9 Å². The van der Waals surface area contributed by atoms with Crippen molar-refractivity contribution in [2.75, 3.05) is 14.2 Å². The third-order valence-electron chi connectivity index (χ3n) is 5.03. The van der Waals surface area contributed by atoms with E-state index in [0.29, 0.717) is 18.8 Å². The molecule has 2 atom stereocenters. The quantitative estimate of drug-likeness (QED) is 0.398. The van der Waals surface area contributed by atoms with E-state index in [2.05, 4.69) is 30.6 Å². The number of rotatable bonds is 8. The maximum absolute atomic E-state index is 15.1. The maximum atomic E-state index is 15.1. The number of halogens is 1. The van der Waals surface area contributed by atoms with Gasteiger partial charge in [-0.3, -0.25) is 0 Å². The van der Waals surface area contributed by atoms with Gasteiger partial charge in [-0.2, -0.15) is 0 Å². The first-order valence-corrected chi connectivity index (χ1v) is 11.2. The van der Waals surface area contributed by atoms with Crippen LogP contribution in [0.15, 0.2) is 54.6 Å².